The molecule has 2 fully saturated rings. The van der Waals surface area contributed by atoms with E-state index in [0.717, 1.165) is 39.3 Å². The van der Waals surface area contributed by atoms with Crippen LogP contribution in [0.25, 0.3) is 10.9 Å². The van der Waals surface area contributed by atoms with Gasteiger partial charge in [0.05, 0.1) is 30.9 Å². The van der Waals surface area contributed by atoms with Gasteiger partial charge in [-0.2, -0.15) is 0 Å². The fourth-order valence-electron chi connectivity index (χ4n) is 5.51. The number of nitrogens with zero attached hydrogens (tertiary/aromatic N) is 3. The molecule has 1 aliphatic heterocycles. The third-order valence-corrected chi connectivity index (χ3v) is 8.29. The smallest absolute Gasteiger partial charge is 0.252 e. The second-order valence-electron chi connectivity index (χ2n) is 11.4. The minimum atomic E-state index is -1.29. The van der Waals surface area contributed by atoms with Crippen LogP contribution in [0.5, 0.6) is 17.2 Å². The molecule has 46 heavy (non-hydrogen) atoms. The highest BCUT2D eigenvalue weighted by molar-refractivity contribution is 6.16. The minimum absolute atomic E-state index is 0.212. The molecule has 238 valence electrons. The van der Waals surface area contributed by atoms with Crippen molar-refractivity contribution in [2.45, 2.75) is 19.3 Å². The molecule has 3 amide bonds. The molecule has 1 saturated heterocycles. The van der Waals surface area contributed by atoms with Crippen molar-refractivity contribution in [2.24, 2.45) is 16.9 Å². The van der Waals surface area contributed by atoms with E-state index in [4.69, 9.17) is 25.7 Å². The number of halogens is 1. The Kier molecular flexibility index (Phi) is 8.82. The third-order valence-electron chi connectivity index (χ3n) is 8.29. The summed E-state index contributed by atoms with van der Waals surface area (Å²) in [6, 6.07) is 17.0. The fourth-order valence-corrected chi connectivity index (χ4v) is 5.51. The molecule has 0 spiro atoms. The summed E-state index contributed by atoms with van der Waals surface area (Å²) in [4.78, 5) is 46.3. The Labute approximate surface area is 264 Å². The first kappa shape index (κ1) is 30.9. The van der Waals surface area contributed by atoms with Gasteiger partial charge < -0.3 is 25.7 Å². The van der Waals surface area contributed by atoms with Crippen molar-refractivity contribution >= 4 is 40.0 Å². The summed E-state index contributed by atoms with van der Waals surface area (Å²) in [5.74, 6) is -1.05. The average Bonchev–Trinajstić information content (AvgIpc) is 3.88. The number of hydrogen-bond acceptors (Lipinski definition) is 8. The lowest BCUT2D eigenvalue weighted by Crippen LogP contribution is -2.41. The van der Waals surface area contributed by atoms with Crippen molar-refractivity contribution in [1.82, 2.24) is 9.88 Å². The Balaban J connectivity index is 1.22. The molecule has 11 nitrogen and oxygen atoms in total. The monoisotopic (exact) mass is 627 g/mol. The van der Waals surface area contributed by atoms with Crippen molar-refractivity contribution in [3.8, 4) is 17.2 Å². The highest BCUT2D eigenvalue weighted by atomic mass is 19.1. The van der Waals surface area contributed by atoms with Crippen LogP contribution < -0.4 is 25.8 Å². The van der Waals surface area contributed by atoms with Crippen LogP contribution in [0.15, 0.2) is 72.9 Å². The van der Waals surface area contributed by atoms with Crippen molar-refractivity contribution in [3.63, 3.8) is 0 Å². The quantitative estimate of drug-likeness (QED) is 0.174. The number of primary amides is 2. The number of fused-ring (bicyclic) bond motifs is 1. The third kappa shape index (κ3) is 6.49. The fraction of sp³-hybridized carbons (Fsp3) is 0.294. The Morgan fingerprint density at radius 3 is 2.24 bits per heavy atom. The number of pyridine rings is 1. The summed E-state index contributed by atoms with van der Waals surface area (Å²) in [5.41, 5.74) is 11.6. The molecule has 0 radical (unpaired) electrons. The number of nitrogens with two attached hydrogens (primary N) is 2. The van der Waals surface area contributed by atoms with Crippen LogP contribution in [0.3, 0.4) is 0 Å². The van der Waals surface area contributed by atoms with Crippen LogP contribution in [-0.4, -0.2) is 67.1 Å². The van der Waals surface area contributed by atoms with Gasteiger partial charge in [-0.05, 0) is 79.9 Å². The maximum absolute atomic E-state index is 13.7. The van der Waals surface area contributed by atoms with Crippen LogP contribution in [-0.2, 0) is 14.3 Å². The van der Waals surface area contributed by atoms with Crippen LogP contribution >= 0.6 is 0 Å². The summed E-state index contributed by atoms with van der Waals surface area (Å²) in [7, 11) is 0. The second kappa shape index (κ2) is 13.1. The van der Waals surface area contributed by atoms with Gasteiger partial charge in [-0.1, -0.05) is 0 Å². The zero-order valence-corrected chi connectivity index (χ0v) is 25.1. The largest absolute Gasteiger partial charge is 0.493 e. The average molecular weight is 628 g/mol. The van der Waals surface area contributed by atoms with Crippen LogP contribution in [0.2, 0.25) is 0 Å². The topological polar surface area (TPSA) is 150 Å². The van der Waals surface area contributed by atoms with Gasteiger partial charge in [0.25, 0.3) is 5.91 Å². The number of rotatable bonds is 12. The molecule has 2 aliphatic rings. The lowest BCUT2D eigenvalue weighted by atomic mass is 10.0. The van der Waals surface area contributed by atoms with Crippen molar-refractivity contribution in [1.29, 1.82) is 0 Å². The SMILES string of the molecule is NC(=O)c1cc2c(Oc3ccc(N(C(=O)C4(C(N)=O)CC4)c4ccc(F)cc4)cc3)ccnc2cc1OCCCN1CCOCC1. The predicted molar refractivity (Wildman–Crippen MR) is 169 cm³/mol. The van der Waals surface area contributed by atoms with Gasteiger partial charge in [0.1, 0.15) is 28.5 Å². The zero-order valence-electron chi connectivity index (χ0n) is 25.1. The second-order valence-corrected chi connectivity index (χ2v) is 11.4. The summed E-state index contributed by atoms with van der Waals surface area (Å²) >= 11 is 0. The number of amides is 3. The summed E-state index contributed by atoms with van der Waals surface area (Å²) < 4.78 is 31.2. The van der Waals surface area contributed by atoms with Gasteiger partial charge in [-0.3, -0.25) is 29.2 Å². The Bertz CT molecular complexity index is 1750. The van der Waals surface area contributed by atoms with E-state index in [1.54, 1.807) is 48.7 Å². The lowest BCUT2D eigenvalue weighted by molar-refractivity contribution is -0.133. The normalized spacial score (nSPS) is 15.7. The maximum Gasteiger partial charge on any atom is 0.252 e. The molecule has 1 aromatic heterocycles. The van der Waals surface area contributed by atoms with E-state index >= 15 is 0 Å². The molecule has 0 bridgehead atoms. The summed E-state index contributed by atoms with van der Waals surface area (Å²) in [5, 5.41) is 0.557. The molecule has 0 atom stereocenters. The Hall–Kier alpha value is -5.07. The molecule has 1 saturated carbocycles. The number of benzene rings is 3. The number of carbonyl (C=O) groups is 3. The van der Waals surface area contributed by atoms with Gasteiger partial charge in [0, 0.05) is 48.7 Å². The van der Waals surface area contributed by atoms with Gasteiger partial charge >= 0.3 is 0 Å². The van der Waals surface area contributed by atoms with Gasteiger partial charge in [-0.15, -0.1) is 0 Å². The van der Waals surface area contributed by atoms with E-state index in [-0.39, 0.29) is 5.56 Å². The van der Waals surface area contributed by atoms with E-state index < -0.39 is 29.0 Å². The Morgan fingerprint density at radius 1 is 0.935 bits per heavy atom. The summed E-state index contributed by atoms with van der Waals surface area (Å²) in [6.45, 7) is 4.49. The van der Waals surface area contributed by atoms with Crippen LogP contribution in [0.1, 0.15) is 29.6 Å². The lowest BCUT2D eigenvalue weighted by Gasteiger charge is -2.26. The van der Waals surface area contributed by atoms with Gasteiger partial charge in [0.15, 0.2) is 0 Å². The summed E-state index contributed by atoms with van der Waals surface area (Å²) in [6.07, 6.45) is 3.07. The predicted octanol–water partition coefficient (Wildman–Crippen LogP) is 4.30. The molecular weight excluding hydrogens is 593 g/mol. The first-order chi connectivity index (χ1) is 22.2. The molecule has 4 N–H and O–H groups in total. The first-order valence-corrected chi connectivity index (χ1v) is 15.1. The molecule has 12 heteroatoms. The molecule has 0 unspecified atom stereocenters. The zero-order chi connectivity index (χ0) is 32.3. The van der Waals surface area contributed by atoms with Crippen molar-refractivity contribution in [2.75, 3.05) is 44.4 Å². The number of morpholine rings is 1. The van der Waals surface area contributed by atoms with Gasteiger partial charge in [-0.25, -0.2) is 4.39 Å². The molecule has 4 aromatic rings. The van der Waals surface area contributed by atoms with E-state index in [1.165, 1.54) is 29.2 Å². The highest BCUT2D eigenvalue weighted by Gasteiger charge is 2.57. The van der Waals surface area contributed by atoms with E-state index in [0.29, 0.717) is 59.0 Å². The van der Waals surface area contributed by atoms with Crippen LogP contribution in [0.4, 0.5) is 15.8 Å². The van der Waals surface area contributed by atoms with Gasteiger partial charge in [0.2, 0.25) is 11.8 Å². The molecule has 1 aliphatic carbocycles. The number of ether oxygens (including phenoxy) is 3. The Morgan fingerprint density at radius 2 is 1.61 bits per heavy atom. The number of aromatic nitrogens is 1. The number of anilines is 2. The van der Waals surface area contributed by atoms with Crippen molar-refractivity contribution in [3.05, 3.63) is 84.3 Å². The molecule has 6 rings (SSSR count). The maximum atomic E-state index is 13.7. The number of carbonyl (C=O) groups excluding carboxylic acids is 3. The van der Waals surface area contributed by atoms with Crippen molar-refractivity contribution < 1.29 is 33.0 Å². The molecular formula is C34H34FN5O6. The van der Waals surface area contributed by atoms with E-state index in [1.807, 2.05) is 0 Å². The van der Waals surface area contributed by atoms with E-state index in [9.17, 15) is 18.8 Å². The standard InChI is InChI=1S/C34H34FN5O6/c35-22-2-4-23(5-3-22)40(33(43)34(11-12-34)32(37)42)24-6-8-25(9-7-24)46-29-10-13-38-28-21-30(27(31(36)41)20-26(28)29)45-17-1-14-39-15-18-44-19-16-39/h2-10,13,20-21H,1,11-12,14-19H2,(H2,36,41)(H2,37,42). The minimum Gasteiger partial charge on any atom is -0.493 e. The first-order valence-electron chi connectivity index (χ1n) is 15.1. The number of hydrogen-bond donors (Lipinski definition) is 2. The highest BCUT2D eigenvalue weighted by Crippen LogP contribution is 2.49. The van der Waals surface area contributed by atoms with E-state index in [2.05, 4.69) is 9.88 Å². The molecule has 2 heterocycles. The van der Waals surface area contributed by atoms with Crippen LogP contribution in [0, 0.1) is 11.2 Å². The molecule has 3 aromatic carbocycles.